The Kier molecular flexibility index (Phi) is 8.19. The highest BCUT2D eigenvalue weighted by Crippen LogP contribution is 2.29. The Balaban J connectivity index is 0.00000166. The van der Waals surface area contributed by atoms with Crippen molar-refractivity contribution in [3.63, 3.8) is 0 Å². The largest absolute Gasteiger partial charge is 0.444 e. The van der Waals surface area contributed by atoms with E-state index in [1.54, 1.807) is 18.0 Å². The van der Waals surface area contributed by atoms with Crippen molar-refractivity contribution in [2.24, 2.45) is 7.05 Å². The molecule has 3 heterocycles. The molecular weight excluding hydrogens is 394 g/mol. The molecule has 3 rings (SSSR count). The molecule has 1 saturated heterocycles. The van der Waals surface area contributed by atoms with Gasteiger partial charge in [-0.3, -0.25) is 4.79 Å². The summed E-state index contributed by atoms with van der Waals surface area (Å²) in [4.78, 5) is 30.6. The highest BCUT2D eigenvalue weighted by molar-refractivity contribution is 5.68. The molecule has 2 aromatic rings. The average molecular weight is 430 g/mol. The molecule has 0 radical (unpaired) electrons. The number of carbonyl (C=O) groups is 1. The van der Waals surface area contributed by atoms with Crippen LogP contribution in [0.15, 0.2) is 29.2 Å². The van der Waals surface area contributed by atoms with Crippen molar-refractivity contribution in [1.29, 1.82) is 0 Å². The zero-order valence-corrected chi connectivity index (χ0v) is 19.7. The van der Waals surface area contributed by atoms with Crippen LogP contribution >= 0.6 is 0 Å². The van der Waals surface area contributed by atoms with Crippen molar-refractivity contribution >= 4 is 17.6 Å². The van der Waals surface area contributed by atoms with Crippen LogP contribution in [0.1, 0.15) is 64.6 Å². The van der Waals surface area contributed by atoms with Crippen molar-refractivity contribution in [2.45, 2.75) is 65.9 Å². The minimum Gasteiger partial charge on any atom is -0.444 e. The fraction of sp³-hybridized carbons (Fsp3) is 0.565. The number of likely N-dealkylation sites (tertiary alicyclic amines) is 1. The molecule has 1 amide bonds. The predicted molar refractivity (Wildman–Crippen MR) is 123 cm³/mol. The van der Waals surface area contributed by atoms with Crippen LogP contribution in [0, 0.1) is 6.92 Å². The quantitative estimate of drug-likeness (QED) is 0.779. The fourth-order valence-corrected chi connectivity index (χ4v) is 3.43. The van der Waals surface area contributed by atoms with Gasteiger partial charge in [0.05, 0.1) is 5.69 Å². The maximum atomic E-state index is 12.2. The Morgan fingerprint density at radius 1 is 1.19 bits per heavy atom. The highest BCUT2D eigenvalue weighted by Gasteiger charge is 2.27. The van der Waals surface area contributed by atoms with Gasteiger partial charge in [0.15, 0.2) is 0 Å². The van der Waals surface area contributed by atoms with Gasteiger partial charge >= 0.3 is 6.09 Å². The molecule has 1 fully saturated rings. The lowest BCUT2D eigenvalue weighted by atomic mass is 9.90. The van der Waals surface area contributed by atoms with E-state index in [0.29, 0.717) is 30.5 Å². The van der Waals surface area contributed by atoms with Crippen LogP contribution in [0.4, 0.5) is 16.3 Å². The molecule has 0 spiro atoms. The SMILES string of the molecule is CC.Cc1cc(Nc2ccc(C3CCN(C(=O)OC(C)(C)C)CC3)cn2)c(=O)n(C)n1. The monoisotopic (exact) mass is 429 g/mol. The number of hydrogen-bond donors (Lipinski definition) is 1. The van der Waals surface area contributed by atoms with E-state index in [2.05, 4.69) is 15.4 Å². The third kappa shape index (κ3) is 6.80. The predicted octanol–water partition coefficient (Wildman–Crippen LogP) is 4.37. The van der Waals surface area contributed by atoms with E-state index in [4.69, 9.17) is 4.74 Å². The number of aromatic nitrogens is 3. The summed E-state index contributed by atoms with van der Waals surface area (Å²) in [6.45, 7) is 12.8. The first-order chi connectivity index (χ1) is 14.6. The lowest BCUT2D eigenvalue weighted by molar-refractivity contribution is 0.0205. The minimum atomic E-state index is -0.477. The molecule has 1 aliphatic rings. The molecule has 2 aromatic heterocycles. The van der Waals surface area contributed by atoms with Crippen LogP contribution in [0.25, 0.3) is 0 Å². The van der Waals surface area contributed by atoms with Gasteiger partial charge in [-0.15, -0.1) is 0 Å². The molecule has 8 heteroatoms. The van der Waals surface area contributed by atoms with E-state index in [1.807, 2.05) is 59.9 Å². The van der Waals surface area contributed by atoms with Gasteiger partial charge < -0.3 is 15.0 Å². The minimum absolute atomic E-state index is 0.198. The molecule has 1 aliphatic heterocycles. The number of carbonyl (C=O) groups excluding carboxylic acids is 1. The van der Waals surface area contributed by atoms with E-state index in [-0.39, 0.29) is 11.7 Å². The van der Waals surface area contributed by atoms with Crippen molar-refractivity contribution in [3.05, 3.63) is 46.0 Å². The zero-order chi connectivity index (χ0) is 23.2. The van der Waals surface area contributed by atoms with Gasteiger partial charge in [0, 0.05) is 26.3 Å². The standard InChI is InChI=1S/C21H29N5O3.C2H6/c1-14-12-17(19(27)25(5)24-14)23-18-7-6-16(13-22-18)15-8-10-26(11-9-15)20(28)29-21(2,3)4;1-2/h6-7,12-13,15H,8-11H2,1-5H3,(H,22,23);1-2H3. The molecule has 0 aliphatic carbocycles. The molecular formula is C23H35N5O3. The summed E-state index contributed by atoms with van der Waals surface area (Å²) in [7, 11) is 1.63. The highest BCUT2D eigenvalue weighted by atomic mass is 16.6. The lowest BCUT2D eigenvalue weighted by Crippen LogP contribution is -2.41. The molecule has 0 unspecified atom stereocenters. The van der Waals surface area contributed by atoms with Crippen molar-refractivity contribution in [1.82, 2.24) is 19.7 Å². The Morgan fingerprint density at radius 2 is 1.84 bits per heavy atom. The van der Waals surface area contributed by atoms with E-state index >= 15 is 0 Å². The molecule has 8 nitrogen and oxygen atoms in total. The topological polar surface area (TPSA) is 89.4 Å². The average Bonchev–Trinajstić information content (AvgIpc) is 2.72. The van der Waals surface area contributed by atoms with Gasteiger partial charge in [-0.1, -0.05) is 19.9 Å². The van der Waals surface area contributed by atoms with Crippen LogP contribution < -0.4 is 10.9 Å². The summed E-state index contributed by atoms with van der Waals surface area (Å²) in [5.74, 6) is 0.967. The Hall–Kier alpha value is -2.90. The normalized spacial score (nSPS) is 14.5. The number of piperidine rings is 1. The number of hydrogen-bond acceptors (Lipinski definition) is 6. The summed E-state index contributed by atoms with van der Waals surface area (Å²) in [6, 6.07) is 5.62. The molecule has 1 N–H and O–H groups in total. The second kappa shape index (κ2) is 10.4. The molecule has 0 atom stereocenters. The van der Waals surface area contributed by atoms with Crippen LogP contribution in [0.2, 0.25) is 0 Å². The van der Waals surface area contributed by atoms with Crippen molar-refractivity contribution < 1.29 is 9.53 Å². The first-order valence-electron chi connectivity index (χ1n) is 10.9. The molecule has 0 saturated carbocycles. The first kappa shape index (κ1) is 24.4. The van der Waals surface area contributed by atoms with Crippen molar-refractivity contribution in [2.75, 3.05) is 18.4 Å². The van der Waals surface area contributed by atoms with Gasteiger partial charge in [0.2, 0.25) is 0 Å². The van der Waals surface area contributed by atoms with Gasteiger partial charge in [0.1, 0.15) is 17.1 Å². The Bertz CT molecular complexity index is 924. The number of pyridine rings is 1. The number of anilines is 2. The summed E-state index contributed by atoms with van der Waals surface area (Å²) < 4.78 is 6.76. The molecule has 31 heavy (non-hydrogen) atoms. The van der Waals surface area contributed by atoms with Gasteiger partial charge in [0.25, 0.3) is 5.56 Å². The van der Waals surface area contributed by atoms with Crippen LogP contribution in [-0.4, -0.2) is 44.4 Å². The number of amides is 1. The maximum absolute atomic E-state index is 12.2. The Morgan fingerprint density at radius 3 is 2.39 bits per heavy atom. The van der Waals surface area contributed by atoms with E-state index in [9.17, 15) is 9.59 Å². The van der Waals surface area contributed by atoms with Gasteiger partial charge in [-0.25, -0.2) is 14.5 Å². The summed E-state index contributed by atoms with van der Waals surface area (Å²) in [5.41, 5.74) is 1.66. The summed E-state index contributed by atoms with van der Waals surface area (Å²) in [5, 5.41) is 7.17. The number of nitrogens with one attached hydrogen (secondary N) is 1. The smallest absolute Gasteiger partial charge is 0.410 e. The molecule has 0 aromatic carbocycles. The Labute approximate surface area is 184 Å². The number of nitrogens with zero attached hydrogens (tertiary/aromatic N) is 4. The molecule has 170 valence electrons. The molecule has 0 bridgehead atoms. The zero-order valence-electron chi connectivity index (χ0n) is 19.7. The third-order valence-corrected chi connectivity index (χ3v) is 4.85. The third-order valence-electron chi connectivity index (χ3n) is 4.85. The number of rotatable bonds is 3. The first-order valence-corrected chi connectivity index (χ1v) is 10.9. The summed E-state index contributed by atoms with van der Waals surface area (Å²) >= 11 is 0. The van der Waals surface area contributed by atoms with E-state index in [0.717, 1.165) is 24.1 Å². The second-order valence-corrected chi connectivity index (χ2v) is 8.47. The number of ether oxygens (including phenoxy) is 1. The van der Waals surface area contributed by atoms with Crippen LogP contribution in [-0.2, 0) is 11.8 Å². The second-order valence-electron chi connectivity index (χ2n) is 8.47. The maximum Gasteiger partial charge on any atom is 0.410 e. The van der Waals surface area contributed by atoms with E-state index < -0.39 is 5.60 Å². The van der Waals surface area contributed by atoms with Crippen LogP contribution in [0.5, 0.6) is 0 Å². The summed E-state index contributed by atoms with van der Waals surface area (Å²) in [6.07, 6.45) is 3.34. The lowest BCUT2D eigenvalue weighted by Gasteiger charge is -2.33. The van der Waals surface area contributed by atoms with Crippen LogP contribution in [0.3, 0.4) is 0 Å². The van der Waals surface area contributed by atoms with Gasteiger partial charge in [-0.05, 0) is 64.2 Å². The van der Waals surface area contributed by atoms with Gasteiger partial charge in [-0.2, -0.15) is 5.10 Å². The fourth-order valence-electron chi connectivity index (χ4n) is 3.43. The van der Waals surface area contributed by atoms with E-state index in [1.165, 1.54) is 4.68 Å². The number of aryl methyl sites for hydroxylation is 2. The van der Waals surface area contributed by atoms with Crippen molar-refractivity contribution in [3.8, 4) is 0 Å².